The Bertz CT molecular complexity index is 1120. The summed E-state index contributed by atoms with van der Waals surface area (Å²) in [6.07, 6.45) is 0.382. The van der Waals surface area contributed by atoms with E-state index >= 15 is 0 Å². The van der Waals surface area contributed by atoms with Crippen LogP contribution >= 0.6 is 11.6 Å². The number of carbonyl (C=O) groups excluding carboxylic acids is 1. The van der Waals surface area contributed by atoms with E-state index in [4.69, 9.17) is 16.3 Å². The largest absolute Gasteiger partial charge is 0.468 e. The number of fused-ring (bicyclic) bond motifs is 4. The summed E-state index contributed by atoms with van der Waals surface area (Å²) >= 11 is 6.19. The summed E-state index contributed by atoms with van der Waals surface area (Å²) in [4.78, 5) is 14.9. The number of hydrogen-bond acceptors (Lipinski definition) is 4. The van der Waals surface area contributed by atoms with Crippen molar-refractivity contribution in [1.29, 1.82) is 0 Å². The smallest absolute Gasteiger partial charge is 0.244 e. The molecule has 2 bridgehead atoms. The SMILES string of the molecule is CN1C(=O)[C@@H](S(=O)(=O)c2ccc(C(C)(C)C)cc2)[C@H]2C[C@@]1(C)Oc1ccc(Cl)cc12. The van der Waals surface area contributed by atoms with Gasteiger partial charge in [-0.3, -0.25) is 4.79 Å². The number of halogens is 1. The van der Waals surface area contributed by atoms with Gasteiger partial charge in [-0.2, -0.15) is 0 Å². The third-order valence-electron chi connectivity index (χ3n) is 6.33. The van der Waals surface area contributed by atoms with Crippen molar-refractivity contribution in [1.82, 2.24) is 4.90 Å². The molecule has 1 fully saturated rings. The summed E-state index contributed by atoms with van der Waals surface area (Å²) in [5, 5.41) is -0.741. The topological polar surface area (TPSA) is 63.7 Å². The van der Waals surface area contributed by atoms with E-state index in [1.807, 2.05) is 19.1 Å². The number of amides is 1. The Morgan fingerprint density at radius 1 is 1.13 bits per heavy atom. The Labute approximate surface area is 182 Å². The molecule has 7 heteroatoms. The lowest BCUT2D eigenvalue weighted by molar-refractivity contribution is -0.159. The molecule has 1 saturated heterocycles. The minimum Gasteiger partial charge on any atom is -0.468 e. The highest BCUT2D eigenvalue weighted by Crippen LogP contribution is 2.50. The standard InChI is InChI=1S/C23H26ClNO4S/c1-22(2,3)14-6-9-16(10-7-14)30(27,28)20-18-13-23(4,25(5)21(20)26)29-19-11-8-15(24)12-17(18)19/h6-12,18,20H,13H2,1-5H3/t18-,20-,23+/m0/s1. The second kappa shape index (κ2) is 6.72. The molecule has 3 atom stereocenters. The molecule has 2 aliphatic rings. The van der Waals surface area contributed by atoms with Gasteiger partial charge >= 0.3 is 0 Å². The normalized spacial score (nSPS) is 26.2. The van der Waals surface area contributed by atoms with Gasteiger partial charge in [-0.1, -0.05) is 44.5 Å². The monoisotopic (exact) mass is 447 g/mol. The molecule has 0 aliphatic carbocycles. The Hall–Kier alpha value is -2.05. The Kier molecular flexibility index (Phi) is 4.75. The zero-order valence-electron chi connectivity index (χ0n) is 17.8. The van der Waals surface area contributed by atoms with Gasteiger partial charge in [0.1, 0.15) is 5.75 Å². The van der Waals surface area contributed by atoms with E-state index in [2.05, 4.69) is 20.8 Å². The van der Waals surface area contributed by atoms with Gasteiger partial charge in [0.2, 0.25) is 5.91 Å². The zero-order valence-corrected chi connectivity index (χ0v) is 19.3. The van der Waals surface area contributed by atoms with Crippen LogP contribution in [-0.2, 0) is 20.0 Å². The maximum Gasteiger partial charge on any atom is 0.244 e. The number of piperidine rings is 1. The maximum absolute atomic E-state index is 13.7. The van der Waals surface area contributed by atoms with Gasteiger partial charge in [-0.05, 0) is 48.2 Å². The Morgan fingerprint density at radius 2 is 1.77 bits per heavy atom. The molecule has 0 saturated carbocycles. The van der Waals surface area contributed by atoms with Crippen LogP contribution in [0.25, 0.3) is 0 Å². The van der Waals surface area contributed by atoms with E-state index in [1.54, 1.807) is 37.4 Å². The highest BCUT2D eigenvalue weighted by atomic mass is 35.5. The minimum atomic E-state index is -3.93. The molecule has 2 aliphatic heterocycles. The molecule has 0 unspecified atom stereocenters. The number of hydrogen-bond donors (Lipinski definition) is 0. The number of carbonyl (C=O) groups is 1. The second-order valence-electron chi connectivity index (χ2n) is 9.41. The average molecular weight is 448 g/mol. The summed E-state index contributed by atoms with van der Waals surface area (Å²) in [6.45, 7) is 8.02. The van der Waals surface area contributed by atoms with Gasteiger partial charge in [-0.15, -0.1) is 0 Å². The van der Waals surface area contributed by atoms with Crippen molar-refractivity contribution in [2.24, 2.45) is 0 Å². The molecule has 0 N–H and O–H groups in total. The van der Waals surface area contributed by atoms with E-state index in [0.717, 1.165) is 5.56 Å². The maximum atomic E-state index is 13.7. The molecule has 0 aromatic heterocycles. The van der Waals surface area contributed by atoms with Gasteiger partial charge < -0.3 is 9.64 Å². The van der Waals surface area contributed by atoms with Crippen molar-refractivity contribution < 1.29 is 17.9 Å². The Balaban J connectivity index is 1.84. The summed E-state index contributed by atoms with van der Waals surface area (Å²) in [5.74, 6) is -0.423. The lowest BCUT2D eigenvalue weighted by Crippen LogP contribution is -2.64. The van der Waals surface area contributed by atoms with E-state index in [1.165, 1.54) is 4.90 Å². The number of rotatable bonds is 2. The molecule has 1 amide bonds. The van der Waals surface area contributed by atoms with E-state index in [-0.39, 0.29) is 10.3 Å². The van der Waals surface area contributed by atoms with Crippen molar-refractivity contribution >= 4 is 27.3 Å². The van der Waals surface area contributed by atoms with Crippen LogP contribution in [0.3, 0.4) is 0 Å². The molecule has 160 valence electrons. The highest BCUT2D eigenvalue weighted by molar-refractivity contribution is 7.92. The van der Waals surface area contributed by atoms with Crippen LogP contribution in [0.15, 0.2) is 47.4 Å². The fourth-order valence-corrected chi connectivity index (χ4v) is 6.50. The van der Waals surface area contributed by atoms with Gasteiger partial charge in [-0.25, -0.2) is 8.42 Å². The van der Waals surface area contributed by atoms with E-state index in [9.17, 15) is 13.2 Å². The van der Waals surface area contributed by atoms with Gasteiger partial charge in [0, 0.05) is 30.0 Å². The minimum absolute atomic E-state index is 0.0959. The molecule has 2 aromatic carbocycles. The number of ether oxygens (including phenoxy) is 1. The number of likely N-dealkylation sites (tertiary alicyclic amines) is 1. The summed E-state index contributed by atoms with van der Waals surface area (Å²) in [7, 11) is -2.33. The van der Waals surface area contributed by atoms with Crippen LogP contribution in [0.5, 0.6) is 5.75 Å². The fraction of sp³-hybridized carbons (Fsp3) is 0.435. The molecule has 0 spiro atoms. The van der Waals surface area contributed by atoms with Gasteiger partial charge in [0.15, 0.2) is 20.8 Å². The molecular formula is C23H26ClNO4S. The number of sulfone groups is 1. The number of nitrogens with zero attached hydrogens (tertiary/aromatic N) is 1. The first-order valence-electron chi connectivity index (χ1n) is 9.95. The summed E-state index contributed by atoms with van der Waals surface area (Å²) in [6, 6.07) is 12.0. The molecule has 5 nitrogen and oxygen atoms in total. The molecule has 4 rings (SSSR count). The van der Waals surface area contributed by atoms with Gasteiger partial charge in [0.25, 0.3) is 0 Å². The quantitative estimate of drug-likeness (QED) is 0.678. The van der Waals surface area contributed by atoms with Crippen molar-refractivity contribution in [2.45, 2.75) is 61.3 Å². The predicted molar refractivity (Wildman–Crippen MR) is 117 cm³/mol. The van der Waals surface area contributed by atoms with E-state index in [0.29, 0.717) is 22.8 Å². The van der Waals surface area contributed by atoms with Crippen LogP contribution < -0.4 is 4.74 Å². The van der Waals surface area contributed by atoms with Crippen LogP contribution in [0, 0.1) is 0 Å². The predicted octanol–water partition coefficient (Wildman–Crippen LogP) is 4.53. The first-order valence-corrected chi connectivity index (χ1v) is 11.9. The second-order valence-corrected chi connectivity index (χ2v) is 11.9. The first kappa shape index (κ1) is 21.2. The molecular weight excluding hydrogens is 422 g/mol. The van der Waals surface area contributed by atoms with Crippen molar-refractivity contribution in [3.05, 3.63) is 58.6 Å². The third kappa shape index (κ3) is 3.21. The fourth-order valence-electron chi connectivity index (χ4n) is 4.41. The van der Waals surface area contributed by atoms with Crippen LogP contribution in [0.2, 0.25) is 5.02 Å². The van der Waals surface area contributed by atoms with Crippen molar-refractivity contribution in [3.63, 3.8) is 0 Å². The Morgan fingerprint density at radius 3 is 2.37 bits per heavy atom. The average Bonchev–Trinajstić information content (AvgIpc) is 2.66. The third-order valence-corrected chi connectivity index (χ3v) is 8.70. The molecule has 0 radical (unpaired) electrons. The van der Waals surface area contributed by atoms with E-state index < -0.39 is 32.6 Å². The summed E-state index contributed by atoms with van der Waals surface area (Å²) in [5.41, 5.74) is 0.706. The van der Waals surface area contributed by atoms with Crippen LogP contribution in [0.1, 0.15) is 51.2 Å². The first-order chi connectivity index (χ1) is 13.8. The molecule has 2 aromatic rings. The number of benzene rings is 2. The van der Waals surface area contributed by atoms with Crippen molar-refractivity contribution in [2.75, 3.05) is 7.05 Å². The van der Waals surface area contributed by atoms with Gasteiger partial charge in [0.05, 0.1) is 4.90 Å². The van der Waals surface area contributed by atoms with Crippen LogP contribution in [0.4, 0.5) is 0 Å². The lowest BCUT2D eigenvalue weighted by Gasteiger charge is -2.51. The van der Waals surface area contributed by atoms with Crippen molar-refractivity contribution in [3.8, 4) is 5.75 Å². The zero-order chi connectivity index (χ0) is 22.1. The molecule has 2 heterocycles. The lowest BCUT2D eigenvalue weighted by atomic mass is 9.80. The summed E-state index contributed by atoms with van der Waals surface area (Å²) < 4.78 is 33.5. The highest BCUT2D eigenvalue weighted by Gasteiger charge is 2.57. The molecule has 30 heavy (non-hydrogen) atoms. The van der Waals surface area contributed by atoms with Crippen LogP contribution in [-0.4, -0.2) is 37.2 Å².